The first-order valence-corrected chi connectivity index (χ1v) is 8.47. The number of aliphatic hydroxyl groups excluding tert-OH is 1. The van der Waals surface area contributed by atoms with Gasteiger partial charge in [0, 0.05) is 37.3 Å². The molecule has 0 bridgehead atoms. The van der Waals surface area contributed by atoms with Gasteiger partial charge in [-0.3, -0.25) is 14.1 Å². The number of aliphatic hydroxyl groups is 1. The van der Waals surface area contributed by atoms with Crippen molar-refractivity contribution in [1.82, 2.24) is 14.3 Å². The summed E-state index contributed by atoms with van der Waals surface area (Å²) >= 11 is 1.45. The summed E-state index contributed by atoms with van der Waals surface area (Å²) in [5, 5.41) is 11.1. The third-order valence-corrected chi connectivity index (χ3v) is 4.47. The van der Waals surface area contributed by atoms with Crippen LogP contribution in [0, 0.1) is 0 Å². The molecule has 0 amide bonds. The van der Waals surface area contributed by atoms with E-state index in [1.54, 1.807) is 16.7 Å². The van der Waals surface area contributed by atoms with Crippen LogP contribution in [-0.2, 0) is 13.0 Å². The van der Waals surface area contributed by atoms with Crippen LogP contribution in [-0.4, -0.2) is 39.1 Å². The van der Waals surface area contributed by atoms with Crippen molar-refractivity contribution in [2.24, 2.45) is 0 Å². The molecule has 120 valence electrons. The number of aromatic nitrogens is 2. The summed E-state index contributed by atoms with van der Waals surface area (Å²) < 4.78 is 1.55. The molecule has 5 nitrogen and oxygen atoms in total. The van der Waals surface area contributed by atoms with Crippen molar-refractivity contribution in [3.05, 3.63) is 69.6 Å². The second-order valence-corrected chi connectivity index (χ2v) is 6.25. The Labute approximate surface area is 138 Å². The Kier molecular flexibility index (Phi) is 5.17. The molecule has 0 atom stereocenters. The molecule has 0 aliphatic rings. The van der Waals surface area contributed by atoms with Gasteiger partial charge in [-0.2, -0.15) is 0 Å². The van der Waals surface area contributed by atoms with Crippen molar-refractivity contribution in [3.63, 3.8) is 0 Å². The second-order valence-electron chi connectivity index (χ2n) is 5.38. The average Bonchev–Trinajstić information content (AvgIpc) is 3.03. The van der Waals surface area contributed by atoms with E-state index in [2.05, 4.69) is 22.0 Å². The molecule has 2 heterocycles. The fourth-order valence-electron chi connectivity index (χ4n) is 2.54. The Balaban J connectivity index is 1.71. The van der Waals surface area contributed by atoms with Crippen LogP contribution in [0.5, 0.6) is 0 Å². The number of benzene rings is 1. The molecule has 0 aliphatic heterocycles. The van der Waals surface area contributed by atoms with E-state index in [0.29, 0.717) is 18.1 Å². The van der Waals surface area contributed by atoms with E-state index >= 15 is 0 Å². The van der Waals surface area contributed by atoms with Crippen LogP contribution < -0.4 is 5.56 Å². The summed E-state index contributed by atoms with van der Waals surface area (Å²) in [6.45, 7) is 2.04. The minimum atomic E-state index is -0.0572. The lowest BCUT2D eigenvalue weighted by Crippen LogP contribution is -2.30. The molecule has 1 aromatic carbocycles. The van der Waals surface area contributed by atoms with Gasteiger partial charge in [0.15, 0.2) is 4.96 Å². The van der Waals surface area contributed by atoms with Gasteiger partial charge in [0.05, 0.1) is 12.3 Å². The molecule has 0 saturated carbocycles. The normalized spacial score (nSPS) is 11.4. The number of rotatable bonds is 7. The predicted molar refractivity (Wildman–Crippen MR) is 91.8 cm³/mol. The Morgan fingerprint density at radius 1 is 1.22 bits per heavy atom. The SMILES string of the molecule is O=c1cc(CN(CCO)CCc2ccccc2)nc2sccn12. The van der Waals surface area contributed by atoms with Crippen LogP contribution in [0.15, 0.2) is 52.8 Å². The Morgan fingerprint density at radius 3 is 2.83 bits per heavy atom. The van der Waals surface area contributed by atoms with Crippen LogP contribution in [0.1, 0.15) is 11.3 Å². The number of fused-ring (bicyclic) bond motifs is 1. The summed E-state index contributed by atoms with van der Waals surface area (Å²) in [7, 11) is 0. The quantitative estimate of drug-likeness (QED) is 0.718. The van der Waals surface area contributed by atoms with E-state index in [-0.39, 0.29) is 12.2 Å². The van der Waals surface area contributed by atoms with Crippen LogP contribution in [0.2, 0.25) is 0 Å². The monoisotopic (exact) mass is 329 g/mol. The molecular formula is C17H19N3O2S. The summed E-state index contributed by atoms with van der Waals surface area (Å²) in [6.07, 6.45) is 2.64. The number of nitrogens with zero attached hydrogens (tertiary/aromatic N) is 3. The molecule has 0 radical (unpaired) electrons. The third-order valence-electron chi connectivity index (χ3n) is 3.72. The first-order chi connectivity index (χ1) is 11.3. The number of hydrogen-bond acceptors (Lipinski definition) is 5. The van der Waals surface area contributed by atoms with Crippen molar-refractivity contribution >= 4 is 16.3 Å². The van der Waals surface area contributed by atoms with Gasteiger partial charge in [-0.15, -0.1) is 11.3 Å². The minimum Gasteiger partial charge on any atom is -0.395 e. The van der Waals surface area contributed by atoms with E-state index in [1.807, 2.05) is 23.6 Å². The third kappa shape index (κ3) is 4.04. The summed E-state index contributed by atoms with van der Waals surface area (Å²) in [4.78, 5) is 19.4. The fourth-order valence-corrected chi connectivity index (χ4v) is 3.28. The fraction of sp³-hybridized carbons (Fsp3) is 0.294. The van der Waals surface area contributed by atoms with Crippen molar-refractivity contribution in [2.75, 3.05) is 19.7 Å². The van der Waals surface area contributed by atoms with E-state index in [9.17, 15) is 9.90 Å². The Hall–Kier alpha value is -2.02. The molecule has 6 heteroatoms. The molecule has 0 spiro atoms. The molecule has 0 saturated heterocycles. The lowest BCUT2D eigenvalue weighted by Gasteiger charge is -2.20. The molecule has 1 N–H and O–H groups in total. The zero-order valence-corrected chi connectivity index (χ0v) is 13.6. The second kappa shape index (κ2) is 7.50. The van der Waals surface area contributed by atoms with Crippen LogP contribution in [0.3, 0.4) is 0 Å². The summed E-state index contributed by atoms with van der Waals surface area (Å²) in [5.74, 6) is 0. The molecule has 3 aromatic rings. The maximum atomic E-state index is 12.0. The maximum absolute atomic E-state index is 12.0. The average molecular weight is 329 g/mol. The van der Waals surface area contributed by atoms with Gasteiger partial charge in [0.1, 0.15) is 0 Å². The highest BCUT2D eigenvalue weighted by Gasteiger charge is 2.09. The van der Waals surface area contributed by atoms with E-state index < -0.39 is 0 Å². The molecule has 23 heavy (non-hydrogen) atoms. The lowest BCUT2D eigenvalue weighted by molar-refractivity contribution is 0.190. The molecule has 2 aromatic heterocycles. The lowest BCUT2D eigenvalue weighted by atomic mass is 10.1. The molecular weight excluding hydrogens is 310 g/mol. The van der Waals surface area contributed by atoms with E-state index in [1.165, 1.54) is 16.9 Å². The first kappa shape index (κ1) is 15.9. The number of thiazole rings is 1. The van der Waals surface area contributed by atoms with E-state index in [4.69, 9.17) is 0 Å². The zero-order chi connectivity index (χ0) is 16.1. The van der Waals surface area contributed by atoms with Gasteiger partial charge in [-0.25, -0.2) is 4.98 Å². The highest BCUT2D eigenvalue weighted by atomic mass is 32.1. The maximum Gasteiger partial charge on any atom is 0.258 e. The van der Waals surface area contributed by atoms with E-state index in [0.717, 1.165) is 18.7 Å². The number of hydrogen-bond donors (Lipinski definition) is 1. The smallest absolute Gasteiger partial charge is 0.258 e. The summed E-state index contributed by atoms with van der Waals surface area (Å²) in [5.41, 5.74) is 1.95. The van der Waals surface area contributed by atoms with Gasteiger partial charge in [0.2, 0.25) is 0 Å². The van der Waals surface area contributed by atoms with Crippen LogP contribution in [0.4, 0.5) is 0 Å². The molecule has 3 rings (SSSR count). The molecule has 0 fully saturated rings. The van der Waals surface area contributed by atoms with Gasteiger partial charge >= 0.3 is 0 Å². The van der Waals surface area contributed by atoms with Crippen LogP contribution in [0.25, 0.3) is 4.96 Å². The van der Waals surface area contributed by atoms with Gasteiger partial charge in [-0.05, 0) is 12.0 Å². The topological polar surface area (TPSA) is 57.8 Å². The minimum absolute atomic E-state index is 0.0572. The van der Waals surface area contributed by atoms with Gasteiger partial charge < -0.3 is 5.11 Å². The van der Waals surface area contributed by atoms with Gasteiger partial charge in [0.25, 0.3) is 5.56 Å². The van der Waals surface area contributed by atoms with Crippen molar-refractivity contribution in [2.45, 2.75) is 13.0 Å². The highest BCUT2D eigenvalue weighted by molar-refractivity contribution is 7.15. The van der Waals surface area contributed by atoms with Crippen molar-refractivity contribution < 1.29 is 5.11 Å². The summed E-state index contributed by atoms with van der Waals surface area (Å²) in [6, 6.07) is 11.8. The van der Waals surface area contributed by atoms with Crippen molar-refractivity contribution in [1.29, 1.82) is 0 Å². The largest absolute Gasteiger partial charge is 0.395 e. The Morgan fingerprint density at radius 2 is 2.04 bits per heavy atom. The highest BCUT2D eigenvalue weighted by Crippen LogP contribution is 2.09. The Bertz CT molecular complexity index is 813. The predicted octanol–water partition coefficient (Wildman–Crippen LogP) is 1.79. The molecule has 0 aliphatic carbocycles. The zero-order valence-electron chi connectivity index (χ0n) is 12.8. The first-order valence-electron chi connectivity index (χ1n) is 7.59. The van der Waals surface area contributed by atoms with Crippen LogP contribution >= 0.6 is 11.3 Å². The van der Waals surface area contributed by atoms with Crippen molar-refractivity contribution in [3.8, 4) is 0 Å². The van der Waals surface area contributed by atoms with Gasteiger partial charge in [-0.1, -0.05) is 30.3 Å². The molecule has 0 unspecified atom stereocenters. The standard InChI is InChI=1S/C17H19N3O2S/c21-10-8-19(7-6-14-4-2-1-3-5-14)13-15-12-16(22)20-9-11-23-17(20)18-15/h1-5,9,11-12,21H,6-8,10,13H2.